The van der Waals surface area contributed by atoms with Crippen LogP contribution < -0.4 is 0 Å². The predicted molar refractivity (Wildman–Crippen MR) is 68.4 cm³/mol. The lowest BCUT2D eigenvalue weighted by atomic mass is 10.6. The van der Waals surface area contributed by atoms with E-state index in [9.17, 15) is 0 Å². The number of aryl methyl sites for hydroxylation is 1. The summed E-state index contributed by atoms with van der Waals surface area (Å²) < 4.78 is 13.9. The Balaban J connectivity index is 1.98. The highest BCUT2D eigenvalue weighted by atomic mass is 32.2. The Labute approximate surface area is 115 Å². The number of tetrazole rings is 1. The van der Waals surface area contributed by atoms with Gasteiger partial charge in [0.25, 0.3) is 0 Å². The average molecular weight is 284 g/mol. The molecule has 2 heterocycles. The second kappa shape index (κ2) is 6.64. The minimum atomic E-state index is -0.365. The molecule has 2 rings (SSSR count). The van der Waals surface area contributed by atoms with E-state index in [1.54, 1.807) is 25.1 Å². The maximum absolute atomic E-state index is 5.13. The van der Waals surface area contributed by atoms with E-state index < -0.39 is 0 Å². The fourth-order valence-electron chi connectivity index (χ4n) is 1.47. The van der Waals surface area contributed by atoms with Crippen LogP contribution >= 0.6 is 11.8 Å². The van der Waals surface area contributed by atoms with Crippen molar-refractivity contribution in [2.45, 2.75) is 23.7 Å². The fourth-order valence-corrected chi connectivity index (χ4v) is 2.36. The zero-order chi connectivity index (χ0) is 13.7. The van der Waals surface area contributed by atoms with E-state index in [1.807, 2.05) is 17.8 Å². The van der Waals surface area contributed by atoms with Crippen LogP contribution in [0.2, 0.25) is 0 Å². The van der Waals surface area contributed by atoms with Crippen molar-refractivity contribution >= 4 is 11.8 Å². The quantitative estimate of drug-likeness (QED) is 0.535. The lowest BCUT2D eigenvalue weighted by molar-refractivity contribution is -0.113. The Hall–Kier alpha value is -1.45. The van der Waals surface area contributed by atoms with E-state index in [1.165, 1.54) is 11.8 Å². The molecule has 0 saturated carbocycles. The molecule has 0 spiro atoms. The monoisotopic (exact) mass is 284 g/mol. The summed E-state index contributed by atoms with van der Waals surface area (Å²) in [7, 11) is 5.12. The SMILES string of the molecule is COC(Cn1nnnc1SCc1nccn1C)OC. The standard InChI is InChI=1S/C10H16N6O2S/c1-15-5-4-11-8(15)7-19-10-12-13-14-16(10)6-9(17-2)18-3/h4-5,9H,6-7H2,1-3H3. The van der Waals surface area contributed by atoms with Gasteiger partial charge < -0.3 is 14.0 Å². The van der Waals surface area contributed by atoms with E-state index in [0.717, 1.165) is 5.82 Å². The Bertz CT molecular complexity index is 510. The molecule has 0 amide bonds. The predicted octanol–water partition coefficient (Wildman–Crippen LogP) is 0.318. The molecule has 2 aromatic rings. The van der Waals surface area contributed by atoms with Crippen LogP contribution in [0.4, 0.5) is 0 Å². The van der Waals surface area contributed by atoms with Crippen LogP contribution in [0.15, 0.2) is 17.6 Å². The lowest BCUT2D eigenvalue weighted by Crippen LogP contribution is -2.21. The lowest BCUT2D eigenvalue weighted by Gasteiger charge is -2.13. The smallest absolute Gasteiger partial charge is 0.209 e. The molecule has 0 N–H and O–H groups in total. The number of imidazole rings is 1. The van der Waals surface area contributed by atoms with Crippen LogP contribution in [0.25, 0.3) is 0 Å². The minimum Gasteiger partial charge on any atom is -0.354 e. The molecule has 8 nitrogen and oxygen atoms in total. The highest BCUT2D eigenvalue weighted by Crippen LogP contribution is 2.19. The Morgan fingerprint density at radius 3 is 2.79 bits per heavy atom. The van der Waals surface area contributed by atoms with E-state index in [4.69, 9.17) is 9.47 Å². The van der Waals surface area contributed by atoms with Crippen LogP contribution in [-0.4, -0.2) is 50.3 Å². The number of aromatic nitrogens is 6. The number of hydrogen-bond acceptors (Lipinski definition) is 7. The van der Waals surface area contributed by atoms with Gasteiger partial charge in [-0.05, 0) is 10.4 Å². The number of methoxy groups -OCH3 is 2. The molecule has 2 aromatic heterocycles. The van der Waals surface area contributed by atoms with Gasteiger partial charge in [0.1, 0.15) is 5.82 Å². The van der Waals surface area contributed by atoms with Gasteiger partial charge in [-0.2, -0.15) is 0 Å². The first-order chi connectivity index (χ1) is 9.24. The third-order valence-corrected chi connectivity index (χ3v) is 3.55. The largest absolute Gasteiger partial charge is 0.354 e. The molecule has 0 saturated heterocycles. The van der Waals surface area contributed by atoms with Gasteiger partial charge >= 0.3 is 0 Å². The van der Waals surface area contributed by atoms with Gasteiger partial charge in [-0.25, -0.2) is 9.67 Å². The van der Waals surface area contributed by atoms with Gasteiger partial charge in [0.15, 0.2) is 6.29 Å². The third-order valence-electron chi connectivity index (χ3n) is 2.60. The fraction of sp³-hybridized carbons (Fsp3) is 0.600. The summed E-state index contributed by atoms with van der Waals surface area (Å²) >= 11 is 1.52. The molecule has 0 aliphatic carbocycles. The topological polar surface area (TPSA) is 79.9 Å². The van der Waals surface area contributed by atoms with Crippen molar-refractivity contribution in [2.24, 2.45) is 7.05 Å². The molecule has 0 aliphatic rings. The summed E-state index contributed by atoms with van der Waals surface area (Å²) in [5, 5.41) is 12.3. The molecule has 0 aromatic carbocycles. The number of hydrogen-bond donors (Lipinski definition) is 0. The summed E-state index contributed by atoms with van der Waals surface area (Å²) in [6.45, 7) is 0.447. The van der Waals surface area contributed by atoms with Crippen LogP contribution in [-0.2, 0) is 28.8 Å². The zero-order valence-corrected chi connectivity index (χ0v) is 11.9. The van der Waals surface area contributed by atoms with Crippen molar-refractivity contribution in [3.8, 4) is 0 Å². The molecule has 19 heavy (non-hydrogen) atoms. The van der Waals surface area contributed by atoms with Gasteiger partial charge in [-0.1, -0.05) is 11.8 Å². The first kappa shape index (κ1) is 14.0. The maximum Gasteiger partial charge on any atom is 0.209 e. The molecule has 9 heteroatoms. The van der Waals surface area contributed by atoms with Gasteiger partial charge in [0.05, 0.1) is 12.3 Å². The Kier molecular flexibility index (Phi) is 4.88. The maximum atomic E-state index is 5.13. The van der Waals surface area contributed by atoms with Crippen LogP contribution in [0, 0.1) is 0 Å². The summed E-state index contributed by atoms with van der Waals surface area (Å²) in [5.74, 6) is 1.67. The highest BCUT2D eigenvalue weighted by molar-refractivity contribution is 7.98. The van der Waals surface area contributed by atoms with Gasteiger partial charge in [-0.3, -0.25) is 0 Å². The summed E-state index contributed by atoms with van der Waals surface area (Å²) in [5.41, 5.74) is 0. The normalized spacial score (nSPS) is 11.4. The average Bonchev–Trinajstić information content (AvgIpc) is 3.02. The molecule has 0 radical (unpaired) electrons. The summed E-state index contributed by atoms with van der Waals surface area (Å²) in [6.07, 6.45) is 3.31. The molecule has 0 fully saturated rings. The third kappa shape index (κ3) is 3.52. The van der Waals surface area contributed by atoms with Crippen molar-refractivity contribution in [2.75, 3.05) is 14.2 Å². The van der Waals surface area contributed by atoms with E-state index in [-0.39, 0.29) is 6.29 Å². The molecule has 0 aliphatic heterocycles. The molecule has 0 bridgehead atoms. The molecule has 104 valence electrons. The van der Waals surface area contributed by atoms with Crippen molar-refractivity contribution in [1.82, 2.24) is 29.8 Å². The van der Waals surface area contributed by atoms with E-state index in [2.05, 4.69) is 20.5 Å². The van der Waals surface area contributed by atoms with E-state index >= 15 is 0 Å². The highest BCUT2D eigenvalue weighted by Gasteiger charge is 2.13. The van der Waals surface area contributed by atoms with Gasteiger partial charge in [0.2, 0.25) is 5.16 Å². The van der Waals surface area contributed by atoms with Crippen molar-refractivity contribution in [3.05, 3.63) is 18.2 Å². The second-order valence-electron chi connectivity index (χ2n) is 3.79. The molecule has 0 unspecified atom stereocenters. The molecule has 0 atom stereocenters. The summed E-state index contributed by atoms with van der Waals surface area (Å²) in [4.78, 5) is 4.25. The van der Waals surface area contributed by atoms with E-state index in [0.29, 0.717) is 17.5 Å². The number of thioether (sulfide) groups is 1. The Morgan fingerprint density at radius 1 is 1.37 bits per heavy atom. The van der Waals surface area contributed by atoms with Gasteiger partial charge in [-0.15, -0.1) is 5.10 Å². The second-order valence-corrected chi connectivity index (χ2v) is 4.73. The minimum absolute atomic E-state index is 0.365. The first-order valence-corrected chi connectivity index (χ1v) is 6.64. The summed E-state index contributed by atoms with van der Waals surface area (Å²) in [6, 6.07) is 0. The number of ether oxygens (including phenoxy) is 2. The number of rotatable bonds is 7. The molecular weight excluding hydrogens is 268 g/mol. The molecular formula is C10H16N6O2S. The first-order valence-electron chi connectivity index (χ1n) is 5.65. The zero-order valence-electron chi connectivity index (χ0n) is 11.1. The van der Waals surface area contributed by atoms with Crippen LogP contribution in [0.3, 0.4) is 0 Å². The van der Waals surface area contributed by atoms with Crippen molar-refractivity contribution < 1.29 is 9.47 Å². The van der Waals surface area contributed by atoms with Gasteiger partial charge in [0, 0.05) is 33.7 Å². The number of nitrogens with zero attached hydrogens (tertiary/aromatic N) is 6. The Morgan fingerprint density at radius 2 is 2.16 bits per heavy atom. The van der Waals surface area contributed by atoms with Crippen LogP contribution in [0.5, 0.6) is 0 Å². The van der Waals surface area contributed by atoms with Crippen molar-refractivity contribution in [1.29, 1.82) is 0 Å². The van der Waals surface area contributed by atoms with Crippen LogP contribution in [0.1, 0.15) is 5.82 Å². The van der Waals surface area contributed by atoms with Crippen molar-refractivity contribution in [3.63, 3.8) is 0 Å².